The summed E-state index contributed by atoms with van der Waals surface area (Å²) >= 11 is 0. The summed E-state index contributed by atoms with van der Waals surface area (Å²) in [5.41, 5.74) is 1.69. The van der Waals surface area contributed by atoms with E-state index in [2.05, 4.69) is 0 Å². The third kappa shape index (κ3) is 3.43. The van der Waals surface area contributed by atoms with E-state index in [0.717, 1.165) is 0 Å². The van der Waals surface area contributed by atoms with Gasteiger partial charge in [0.05, 0.1) is 7.11 Å². The number of hydrogen-bond donors (Lipinski definition) is 0. The molecule has 0 unspecified atom stereocenters. The van der Waals surface area contributed by atoms with E-state index >= 15 is 0 Å². The maximum atomic E-state index is 13.5. The summed E-state index contributed by atoms with van der Waals surface area (Å²) in [6, 6.07) is 24.5. The molecule has 4 rings (SSSR count). The molecule has 3 aromatic rings. The Morgan fingerprint density at radius 3 is 2.03 bits per heavy atom. The predicted octanol–water partition coefficient (Wildman–Crippen LogP) is 4.20. The fourth-order valence-corrected chi connectivity index (χ4v) is 5.28. The van der Waals surface area contributed by atoms with Crippen molar-refractivity contribution in [3.63, 3.8) is 0 Å². The Kier molecular flexibility index (Phi) is 4.94. The van der Waals surface area contributed by atoms with Gasteiger partial charge in [0.1, 0.15) is 10.7 Å². The first kappa shape index (κ1) is 19.0. The fourth-order valence-electron chi connectivity index (χ4n) is 3.39. The van der Waals surface area contributed by atoms with Crippen molar-refractivity contribution in [1.82, 2.24) is 0 Å². The topological polar surface area (TPSA) is 63.7 Å². The molecule has 1 fully saturated rings. The Bertz CT molecular complexity index is 1150. The molecule has 1 atom stereocenters. The average Bonchev–Trinajstić information content (AvgIpc) is 2.95. The molecule has 0 aromatic heterocycles. The van der Waals surface area contributed by atoms with Crippen molar-refractivity contribution >= 4 is 27.5 Å². The molecular weight excluding hydrogens is 386 g/mol. The molecule has 1 heterocycles. The number of anilines is 1. The molecule has 0 spiro atoms. The van der Waals surface area contributed by atoms with Gasteiger partial charge in [-0.25, -0.2) is 8.42 Å². The number of amides is 1. The lowest BCUT2D eigenvalue weighted by Crippen LogP contribution is -2.28. The van der Waals surface area contributed by atoms with Crippen molar-refractivity contribution in [2.75, 3.05) is 12.0 Å². The summed E-state index contributed by atoms with van der Waals surface area (Å²) in [5.74, 6) is 0.113. The molecule has 0 saturated carbocycles. The molecule has 0 bridgehead atoms. The number of para-hydroxylation sites is 1. The summed E-state index contributed by atoms with van der Waals surface area (Å²) in [7, 11) is -2.38. The van der Waals surface area contributed by atoms with Gasteiger partial charge in [-0.15, -0.1) is 0 Å². The predicted molar refractivity (Wildman–Crippen MR) is 113 cm³/mol. The molecule has 1 amide bonds. The van der Waals surface area contributed by atoms with E-state index in [9.17, 15) is 13.2 Å². The number of hydrogen-bond acceptors (Lipinski definition) is 4. The highest BCUT2D eigenvalue weighted by molar-refractivity contribution is 7.97. The number of sulfone groups is 1. The number of benzene rings is 3. The van der Waals surface area contributed by atoms with Gasteiger partial charge in [0.2, 0.25) is 9.84 Å². The molecular formula is C23H19NO4S. The number of rotatable bonds is 4. The average molecular weight is 405 g/mol. The van der Waals surface area contributed by atoms with Gasteiger partial charge in [-0.2, -0.15) is 0 Å². The van der Waals surface area contributed by atoms with Gasteiger partial charge in [0, 0.05) is 5.69 Å². The highest BCUT2D eigenvalue weighted by atomic mass is 32.2. The Hall–Kier alpha value is -3.38. The lowest BCUT2D eigenvalue weighted by molar-refractivity contribution is -0.114. The summed E-state index contributed by atoms with van der Waals surface area (Å²) in [6.45, 7) is 0. The zero-order chi connectivity index (χ0) is 20.4. The van der Waals surface area contributed by atoms with Crippen LogP contribution in [0.3, 0.4) is 0 Å². The minimum atomic E-state index is -3.94. The summed E-state index contributed by atoms with van der Waals surface area (Å²) in [6.07, 6.45) is 1.43. The normalized spacial score (nSPS) is 19.5. The molecule has 0 N–H and O–H groups in total. The van der Waals surface area contributed by atoms with Gasteiger partial charge in [-0.05, 0) is 41.5 Å². The lowest BCUT2D eigenvalue weighted by Gasteiger charge is -2.23. The van der Waals surface area contributed by atoms with Crippen molar-refractivity contribution in [2.45, 2.75) is 5.37 Å². The quantitative estimate of drug-likeness (QED) is 0.611. The Labute approximate surface area is 169 Å². The Morgan fingerprint density at radius 1 is 0.862 bits per heavy atom. The van der Waals surface area contributed by atoms with Crippen molar-refractivity contribution in [2.24, 2.45) is 0 Å². The molecule has 29 heavy (non-hydrogen) atoms. The zero-order valence-electron chi connectivity index (χ0n) is 15.7. The standard InChI is InChI=1S/C23H19NO4S/c1-28-20-14-12-17(13-15-20)16-21-22(25)24(19-10-6-3-7-11-19)23(29(21,26)27)18-8-4-2-5-9-18/h2-16,23H,1H3/b21-16-/t23-/m0/s1. The van der Waals surface area contributed by atoms with Crippen LogP contribution in [0.25, 0.3) is 6.08 Å². The first-order chi connectivity index (χ1) is 14.0. The minimum absolute atomic E-state index is 0.222. The van der Waals surface area contributed by atoms with Crippen LogP contribution < -0.4 is 9.64 Å². The van der Waals surface area contributed by atoms with Gasteiger partial charge in [-0.1, -0.05) is 60.7 Å². The van der Waals surface area contributed by atoms with Crippen molar-refractivity contribution < 1.29 is 17.9 Å². The molecule has 3 aromatic carbocycles. The number of ether oxygens (including phenoxy) is 1. The van der Waals surface area contributed by atoms with Crippen LogP contribution in [0.15, 0.2) is 89.8 Å². The van der Waals surface area contributed by atoms with Crippen LogP contribution >= 0.6 is 0 Å². The molecule has 1 aliphatic heterocycles. The summed E-state index contributed by atoms with van der Waals surface area (Å²) < 4.78 is 32.1. The number of methoxy groups -OCH3 is 1. The van der Waals surface area contributed by atoms with E-state index in [4.69, 9.17) is 4.74 Å². The highest BCUT2D eigenvalue weighted by Gasteiger charge is 2.50. The van der Waals surface area contributed by atoms with Gasteiger partial charge >= 0.3 is 0 Å². The van der Waals surface area contributed by atoms with Crippen molar-refractivity contribution in [3.8, 4) is 5.75 Å². The van der Waals surface area contributed by atoms with Crippen LogP contribution in [-0.4, -0.2) is 21.4 Å². The summed E-state index contributed by atoms with van der Waals surface area (Å²) in [5, 5.41) is -1.11. The molecule has 6 heteroatoms. The first-order valence-corrected chi connectivity index (χ1v) is 10.6. The molecule has 5 nitrogen and oxygen atoms in total. The largest absolute Gasteiger partial charge is 0.497 e. The second-order valence-electron chi connectivity index (χ2n) is 6.60. The maximum absolute atomic E-state index is 13.5. The van der Waals surface area contributed by atoms with E-state index in [1.165, 1.54) is 11.0 Å². The summed E-state index contributed by atoms with van der Waals surface area (Å²) in [4.78, 5) is 14.4. The third-order valence-corrected chi connectivity index (χ3v) is 6.77. The molecule has 1 aliphatic rings. The lowest BCUT2D eigenvalue weighted by atomic mass is 10.1. The van der Waals surface area contributed by atoms with E-state index < -0.39 is 21.1 Å². The van der Waals surface area contributed by atoms with Gasteiger partial charge in [-0.3, -0.25) is 9.69 Å². The van der Waals surface area contributed by atoms with E-state index in [-0.39, 0.29) is 4.91 Å². The van der Waals surface area contributed by atoms with Crippen molar-refractivity contribution in [1.29, 1.82) is 0 Å². The van der Waals surface area contributed by atoms with E-state index in [0.29, 0.717) is 22.6 Å². The smallest absolute Gasteiger partial charge is 0.271 e. The minimum Gasteiger partial charge on any atom is -0.497 e. The fraction of sp³-hybridized carbons (Fsp3) is 0.0870. The van der Waals surface area contributed by atoms with Crippen LogP contribution in [0.5, 0.6) is 5.75 Å². The maximum Gasteiger partial charge on any atom is 0.271 e. The van der Waals surface area contributed by atoms with Crippen LogP contribution in [0.1, 0.15) is 16.5 Å². The second kappa shape index (κ2) is 7.56. The highest BCUT2D eigenvalue weighted by Crippen LogP contribution is 2.43. The number of nitrogens with zero attached hydrogens (tertiary/aromatic N) is 1. The van der Waals surface area contributed by atoms with Crippen LogP contribution in [0.4, 0.5) is 5.69 Å². The van der Waals surface area contributed by atoms with Crippen LogP contribution in [0.2, 0.25) is 0 Å². The van der Waals surface area contributed by atoms with Crippen molar-refractivity contribution in [3.05, 3.63) is 101 Å². The second-order valence-corrected chi connectivity index (χ2v) is 8.58. The van der Waals surface area contributed by atoms with E-state index in [1.54, 1.807) is 79.9 Å². The first-order valence-electron chi connectivity index (χ1n) is 9.05. The Balaban J connectivity index is 1.87. The van der Waals surface area contributed by atoms with Crippen LogP contribution in [-0.2, 0) is 14.6 Å². The molecule has 1 saturated heterocycles. The molecule has 0 radical (unpaired) electrons. The SMILES string of the molecule is COc1ccc(/C=C2/C(=O)N(c3ccccc3)[C@H](c3ccccc3)S2(=O)=O)cc1. The molecule has 146 valence electrons. The zero-order valence-corrected chi connectivity index (χ0v) is 16.5. The number of carbonyl (C=O) groups is 1. The van der Waals surface area contributed by atoms with Crippen LogP contribution in [0, 0.1) is 0 Å². The third-order valence-electron chi connectivity index (χ3n) is 4.80. The van der Waals surface area contributed by atoms with Gasteiger partial charge in [0.15, 0.2) is 5.37 Å². The monoisotopic (exact) mass is 405 g/mol. The molecule has 0 aliphatic carbocycles. The van der Waals surface area contributed by atoms with Gasteiger partial charge in [0.25, 0.3) is 5.91 Å². The van der Waals surface area contributed by atoms with Gasteiger partial charge < -0.3 is 4.74 Å². The Morgan fingerprint density at radius 2 is 1.45 bits per heavy atom. The van der Waals surface area contributed by atoms with E-state index in [1.807, 2.05) is 12.1 Å². The number of carbonyl (C=O) groups excluding carboxylic acids is 1.